The zero-order valence-corrected chi connectivity index (χ0v) is 11.8. The first-order valence-electron chi connectivity index (χ1n) is 5.51. The second-order valence-electron chi connectivity index (χ2n) is 3.41. The Morgan fingerprint density at radius 1 is 1.59 bits per heavy atom. The first kappa shape index (κ1) is 14.3. The van der Waals surface area contributed by atoms with Gasteiger partial charge in [-0.15, -0.1) is 11.8 Å². The summed E-state index contributed by atoms with van der Waals surface area (Å²) < 4.78 is 4.95. The lowest BCUT2D eigenvalue weighted by Crippen LogP contribution is -2.12. The average Bonchev–Trinajstić information content (AvgIpc) is 2.47. The molecule has 3 nitrogen and oxygen atoms in total. The fourth-order valence-corrected chi connectivity index (χ4v) is 2.48. The molecule has 0 aliphatic carbocycles. The van der Waals surface area contributed by atoms with Gasteiger partial charge in [0.05, 0.1) is 17.2 Å². The predicted molar refractivity (Wildman–Crippen MR) is 73.5 cm³/mol. The molecule has 0 atom stereocenters. The Bertz CT molecular complexity index is 399. The first-order chi connectivity index (χ1) is 8.13. The normalized spacial score (nSPS) is 16.2. The second kappa shape index (κ2) is 6.87. The van der Waals surface area contributed by atoms with Crippen LogP contribution in [0.15, 0.2) is 27.2 Å². The number of hydrogen-bond donors (Lipinski definition) is 0. The summed E-state index contributed by atoms with van der Waals surface area (Å²) in [5.74, 6) is -0.404. The third kappa shape index (κ3) is 3.61. The topological polar surface area (TPSA) is 38.7 Å². The van der Waals surface area contributed by atoms with Crippen LogP contribution in [0.4, 0.5) is 0 Å². The molecule has 0 N–H and O–H groups in total. The molecule has 0 radical (unpaired) electrons. The van der Waals surface area contributed by atoms with Crippen LogP contribution in [0, 0.1) is 0 Å². The summed E-state index contributed by atoms with van der Waals surface area (Å²) in [6, 6.07) is 0. The molecular weight excluding hydrogens is 258 g/mol. The lowest BCUT2D eigenvalue weighted by atomic mass is 10.1. The highest BCUT2D eigenvalue weighted by Gasteiger charge is 2.19. The van der Waals surface area contributed by atoms with Gasteiger partial charge in [0.1, 0.15) is 5.17 Å². The highest BCUT2D eigenvalue weighted by molar-refractivity contribution is 8.02. The Morgan fingerprint density at radius 2 is 2.29 bits per heavy atom. The van der Waals surface area contributed by atoms with E-state index in [4.69, 9.17) is 16.3 Å². The van der Waals surface area contributed by atoms with E-state index < -0.39 is 5.97 Å². The summed E-state index contributed by atoms with van der Waals surface area (Å²) in [4.78, 5) is 16.0. The van der Waals surface area contributed by atoms with Crippen LogP contribution in [0.3, 0.4) is 0 Å². The van der Waals surface area contributed by atoms with Crippen molar-refractivity contribution < 1.29 is 9.53 Å². The van der Waals surface area contributed by atoms with Crippen molar-refractivity contribution in [3.63, 3.8) is 0 Å². The fraction of sp³-hybridized carbons (Fsp3) is 0.500. The molecule has 0 bridgehead atoms. The van der Waals surface area contributed by atoms with Crippen molar-refractivity contribution in [2.75, 3.05) is 12.9 Å². The Kier molecular flexibility index (Phi) is 5.78. The van der Waals surface area contributed by atoms with Gasteiger partial charge >= 0.3 is 5.97 Å². The molecular formula is C12H16ClNO2S. The summed E-state index contributed by atoms with van der Waals surface area (Å²) in [5, 5.41) is 1.12. The number of thioether (sulfide) groups is 1. The smallest absolute Gasteiger partial charge is 0.340 e. The maximum atomic E-state index is 11.7. The SMILES string of the molecule is CCOC(=O)C1=CCC(CC)=C(SC)N=C1Cl. The second-order valence-corrected chi connectivity index (χ2v) is 4.56. The summed E-state index contributed by atoms with van der Waals surface area (Å²) in [6.07, 6.45) is 5.34. The van der Waals surface area contributed by atoms with Gasteiger partial charge in [-0.05, 0) is 31.6 Å². The summed E-state index contributed by atoms with van der Waals surface area (Å²) in [7, 11) is 0. The minimum absolute atomic E-state index is 0.219. The lowest BCUT2D eigenvalue weighted by Gasteiger charge is -2.03. The Morgan fingerprint density at radius 3 is 2.82 bits per heavy atom. The molecule has 94 valence electrons. The van der Waals surface area contributed by atoms with Gasteiger partial charge in [0.25, 0.3) is 0 Å². The number of esters is 1. The van der Waals surface area contributed by atoms with Crippen molar-refractivity contribution in [3.05, 3.63) is 22.3 Å². The molecule has 1 aliphatic rings. The quantitative estimate of drug-likeness (QED) is 0.736. The summed E-state index contributed by atoms with van der Waals surface area (Å²) in [5.41, 5.74) is 1.55. The first-order valence-corrected chi connectivity index (χ1v) is 7.12. The molecule has 0 unspecified atom stereocenters. The zero-order valence-electron chi connectivity index (χ0n) is 10.2. The van der Waals surface area contributed by atoms with Crippen LogP contribution in [0.2, 0.25) is 0 Å². The molecule has 0 aromatic heterocycles. The molecule has 0 saturated carbocycles. The highest BCUT2D eigenvalue weighted by atomic mass is 35.5. The van der Waals surface area contributed by atoms with E-state index in [-0.39, 0.29) is 5.17 Å². The van der Waals surface area contributed by atoms with Crippen molar-refractivity contribution in [1.29, 1.82) is 0 Å². The van der Waals surface area contributed by atoms with Gasteiger partial charge in [0.2, 0.25) is 0 Å². The zero-order chi connectivity index (χ0) is 12.8. The summed E-state index contributed by atoms with van der Waals surface area (Å²) in [6.45, 7) is 4.17. The molecule has 1 rings (SSSR count). The number of aliphatic imine (C=N–C) groups is 1. The number of carbonyl (C=O) groups excluding carboxylic acids is 1. The van der Waals surface area contributed by atoms with E-state index in [0.717, 1.165) is 11.4 Å². The van der Waals surface area contributed by atoms with E-state index >= 15 is 0 Å². The van der Waals surface area contributed by atoms with Crippen LogP contribution < -0.4 is 0 Å². The Labute approximate surface area is 111 Å². The molecule has 17 heavy (non-hydrogen) atoms. The van der Waals surface area contributed by atoms with E-state index in [0.29, 0.717) is 18.6 Å². The van der Waals surface area contributed by atoms with Crippen molar-refractivity contribution in [2.45, 2.75) is 26.7 Å². The Hall–Kier alpha value is -0.740. The van der Waals surface area contributed by atoms with E-state index in [1.54, 1.807) is 24.8 Å². The predicted octanol–water partition coefficient (Wildman–Crippen LogP) is 3.50. The number of ether oxygens (including phenoxy) is 1. The molecule has 0 aromatic rings. The van der Waals surface area contributed by atoms with Gasteiger partial charge in [-0.2, -0.15) is 0 Å². The molecule has 0 aromatic carbocycles. The highest BCUT2D eigenvalue weighted by Crippen LogP contribution is 2.28. The van der Waals surface area contributed by atoms with Crippen LogP contribution in [-0.2, 0) is 9.53 Å². The van der Waals surface area contributed by atoms with E-state index in [9.17, 15) is 4.79 Å². The summed E-state index contributed by atoms with van der Waals surface area (Å²) >= 11 is 7.59. The monoisotopic (exact) mass is 273 g/mol. The lowest BCUT2D eigenvalue weighted by molar-refractivity contribution is -0.137. The van der Waals surface area contributed by atoms with Crippen molar-refractivity contribution in [3.8, 4) is 0 Å². The van der Waals surface area contributed by atoms with Crippen molar-refractivity contribution in [1.82, 2.24) is 0 Å². The molecule has 5 heteroatoms. The van der Waals surface area contributed by atoms with Crippen molar-refractivity contribution in [2.24, 2.45) is 4.99 Å². The van der Waals surface area contributed by atoms with Crippen LogP contribution in [-0.4, -0.2) is 24.0 Å². The number of halogens is 1. The molecule has 0 saturated heterocycles. The third-order valence-electron chi connectivity index (χ3n) is 2.39. The standard InChI is InChI=1S/C12H16ClNO2S/c1-4-8-6-7-9(12(15)16-5-2)10(13)14-11(8)17-3/h7H,4-6H2,1-3H3. The number of allylic oxidation sites excluding steroid dienone is 2. The molecule has 0 amide bonds. The number of carbonyl (C=O) groups is 1. The molecule has 0 spiro atoms. The maximum absolute atomic E-state index is 11.7. The van der Waals surface area contributed by atoms with Crippen LogP contribution in [0.5, 0.6) is 0 Å². The number of hydrogen-bond acceptors (Lipinski definition) is 4. The van der Waals surface area contributed by atoms with Gasteiger partial charge in [-0.1, -0.05) is 24.6 Å². The van der Waals surface area contributed by atoms with Crippen LogP contribution >= 0.6 is 23.4 Å². The van der Waals surface area contributed by atoms with E-state index in [2.05, 4.69) is 11.9 Å². The van der Waals surface area contributed by atoms with Gasteiger partial charge in [-0.25, -0.2) is 9.79 Å². The van der Waals surface area contributed by atoms with Gasteiger partial charge in [-0.3, -0.25) is 0 Å². The largest absolute Gasteiger partial charge is 0.462 e. The third-order valence-corrected chi connectivity index (χ3v) is 3.45. The minimum atomic E-state index is -0.404. The minimum Gasteiger partial charge on any atom is -0.462 e. The maximum Gasteiger partial charge on any atom is 0.340 e. The van der Waals surface area contributed by atoms with Gasteiger partial charge in [0, 0.05) is 0 Å². The number of rotatable bonds is 4. The van der Waals surface area contributed by atoms with Crippen molar-refractivity contribution >= 4 is 34.5 Å². The fourth-order valence-electron chi connectivity index (χ4n) is 1.49. The van der Waals surface area contributed by atoms with Gasteiger partial charge in [0.15, 0.2) is 0 Å². The average molecular weight is 274 g/mol. The van der Waals surface area contributed by atoms with E-state index in [1.807, 2.05) is 6.26 Å². The Balaban J connectivity index is 3.02. The molecule has 1 aliphatic heterocycles. The number of nitrogens with zero attached hydrogens (tertiary/aromatic N) is 1. The molecule has 0 fully saturated rings. The van der Waals surface area contributed by atoms with Gasteiger partial charge < -0.3 is 4.74 Å². The van der Waals surface area contributed by atoms with Crippen LogP contribution in [0.25, 0.3) is 0 Å². The molecule has 1 heterocycles. The van der Waals surface area contributed by atoms with E-state index in [1.165, 1.54) is 5.57 Å². The van der Waals surface area contributed by atoms with Crippen LogP contribution in [0.1, 0.15) is 26.7 Å².